The third-order valence-corrected chi connectivity index (χ3v) is 4.55. The second-order valence-electron chi connectivity index (χ2n) is 6.40. The molecule has 1 aliphatic rings. The minimum absolute atomic E-state index is 0.220. The van der Waals surface area contributed by atoms with E-state index in [4.69, 9.17) is 0 Å². The molecule has 0 spiro atoms. The number of carbonyl (C=O) groups excluding carboxylic acids is 2. The molecular weight excluding hydrogens is 302 g/mol. The monoisotopic (exact) mass is 329 g/mol. The van der Waals surface area contributed by atoms with Crippen molar-refractivity contribution in [1.29, 1.82) is 0 Å². The van der Waals surface area contributed by atoms with E-state index in [2.05, 4.69) is 6.92 Å². The molecule has 0 aromatic heterocycles. The summed E-state index contributed by atoms with van der Waals surface area (Å²) in [6.07, 6.45) is 6.77. The molecule has 24 heavy (non-hydrogen) atoms. The molecular formula is C20H27NO3. The topological polar surface area (TPSA) is 57.6 Å². The van der Waals surface area contributed by atoms with Gasteiger partial charge in [-0.25, -0.2) is 0 Å². The van der Waals surface area contributed by atoms with Crippen LogP contribution >= 0.6 is 0 Å². The fourth-order valence-corrected chi connectivity index (χ4v) is 3.29. The highest BCUT2D eigenvalue weighted by Gasteiger charge is 2.41. The number of amides is 1. The number of aliphatic hydroxyl groups excluding tert-OH is 1. The molecule has 1 N–H and O–H groups in total. The zero-order valence-electron chi connectivity index (χ0n) is 14.6. The highest BCUT2D eigenvalue weighted by molar-refractivity contribution is 6.08. The van der Waals surface area contributed by atoms with Gasteiger partial charge in [-0.2, -0.15) is 0 Å². The Hall–Kier alpha value is -2.10. The van der Waals surface area contributed by atoms with Crippen molar-refractivity contribution in [2.75, 3.05) is 6.54 Å². The van der Waals surface area contributed by atoms with Crippen LogP contribution in [0.15, 0.2) is 41.7 Å². The minimum Gasteiger partial charge on any atom is -0.503 e. The number of rotatable bonds is 9. The summed E-state index contributed by atoms with van der Waals surface area (Å²) in [7, 11) is 0. The molecule has 1 heterocycles. The Morgan fingerprint density at radius 3 is 2.33 bits per heavy atom. The van der Waals surface area contributed by atoms with Gasteiger partial charge in [-0.15, -0.1) is 0 Å². The molecule has 0 bridgehead atoms. The molecule has 1 aromatic carbocycles. The molecule has 2 rings (SSSR count). The predicted molar refractivity (Wildman–Crippen MR) is 94.6 cm³/mol. The van der Waals surface area contributed by atoms with Crippen LogP contribution in [-0.4, -0.2) is 28.2 Å². The maximum absolute atomic E-state index is 12.4. The first-order chi connectivity index (χ1) is 11.6. The van der Waals surface area contributed by atoms with E-state index in [1.165, 1.54) is 26.2 Å². The summed E-state index contributed by atoms with van der Waals surface area (Å²) < 4.78 is 0. The fraction of sp³-hybridized carbons (Fsp3) is 0.500. The summed E-state index contributed by atoms with van der Waals surface area (Å²) in [5, 5.41) is 10.2. The number of nitrogens with zero attached hydrogens (tertiary/aromatic N) is 1. The number of Topliss-reactive ketones (excluding diaryl/α,β-unsaturated/α-hetero) is 1. The van der Waals surface area contributed by atoms with E-state index < -0.39 is 11.9 Å². The van der Waals surface area contributed by atoms with Crippen LogP contribution < -0.4 is 0 Å². The lowest BCUT2D eigenvalue weighted by Crippen LogP contribution is -2.32. The first kappa shape index (κ1) is 18.2. The van der Waals surface area contributed by atoms with E-state index in [0.717, 1.165) is 24.8 Å². The molecule has 0 radical (unpaired) electrons. The summed E-state index contributed by atoms with van der Waals surface area (Å²) in [5.74, 6) is -1.06. The molecule has 1 aliphatic heterocycles. The summed E-state index contributed by atoms with van der Waals surface area (Å²) in [6.45, 7) is 4.15. The van der Waals surface area contributed by atoms with E-state index in [-0.39, 0.29) is 17.1 Å². The second kappa shape index (κ2) is 8.67. The van der Waals surface area contributed by atoms with Crippen molar-refractivity contribution < 1.29 is 14.7 Å². The molecule has 0 aliphatic carbocycles. The summed E-state index contributed by atoms with van der Waals surface area (Å²) in [5.41, 5.74) is 1.09. The largest absolute Gasteiger partial charge is 0.503 e. The van der Waals surface area contributed by atoms with Gasteiger partial charge >= 0.3 is 0 Å². The Morgan fingerprint density at radius 2 is 1.71 bits per heavy atom. The molecule has 0 unspecified atom stereocenters. The van der Waals surface area contributed by atoms with Crippen LogP contribution in [0.25, 0.3) is 0 Å². The molecule has 130 valence electrons. The standard InChI is InChI=1S/C20H27NO3/c1-3-4-5-6-7-11-14-21-18(16-12-9-8-10-13-16)17(15(2)22)19(23)20(21)24/h8-10,12-13,18,23H,3-7,11,14H2,1-2H3/t18-/m0/s1. The number of hydrogen-bond donors (Lipinski definition) is 1. The van der Waals surface area contributed by atoms with Gasteiger partial charge < -0.3 is 10.0 Å². The third kappa shape index (κ3) is 4.05. The number of carbonyl (C=O) groups is 2. The van der Waals surface area contributed by atoms with Gasteiger partial charge in [0.05, 0.1) is 11.6 Å². The minimum atomic E-state index is -0.466. The van der Waals surface area contributed by atoms with Crippen LogP contribution in [0.1, 0.15) is 64.0 Å². The van der Waals surface area contributed by atoms with E-state index in [0.29, 0.717) is 6.54 Å². The van der Waals surface area contributed by atoms with E-state index in [1.807, 2.05) is 30.3 Å². The Labute approximate surface area is 144 Å². The number of hydrogen-bond acceptors (Lipinski definition) is 3. The van der Waals surface area contributed by atoms with Crippen molar-refractivity contribution in [2.45, 2.75) is 58.4 Å². The van der Waals surface area contributed by atoms with Gasteiger partial charge in [-0.1, -0.05) is 69.4 Å². The van der Waals surface area contributed by atoms with Crippen LogP contribution in [0.4, 0.5) is 0 Å². The molecule has 1 atom stereocenters. The molecule has 0 saturated carbocycles. The van der Waals surface area contributed by atoms with Crippen LogP contribution in [0.5, 0.6) is 0 Å². The van der Waals surface area contributed by atoms with Crippen molar-refractivity contribution in [3.63, 3.8) is 0 Å². The van der Waals surface area contributed by atoms with Gasteiger partial charge in [0.25, 0.3) is 5.91 Å². The van der Waals surface area contributed by atoms with Gasteiger partial charge in [0.1, 0.15) is 0 Å². The van der Waals surface area contributed by atoms with Crippen LogP contribution in [0, 0.1) is 0 Å². The molecule has 4 heteroatoms. The maximum atomic E-state index is 12.4. The van der Waals surface area contributed by atoms with E-state index >= 15 is 0 Å². The summed E-state index contributed by atoms with van der Waals surface area (Å²) in [6, 6.07) is 8.99. The average molecular weight is 329 g/mol. The first-order valence-corrected chi connectivity index (χ1v) is 8.88. The summed E-state index contributed by atoms with van der Waals surface area (Å²) in [4.78, 5) is 26.1. The number of benzene rings is 1. The first-order valence-electron chi connectivity index (χ1n) is 8.88. The summed E-state index contributed by atoms with van der Waals surface area (Å²) >= 11 is 0. The Balaban J connectivity index is 2.11. The third-order valence-electron chi connectivity index (χ3n) is 4.55. The zero-order valence-corrected chi connectivity index (χ0v) is 14.6. The van der Waals surface area contributed by atoms with Gasteiger partial charge in [0.15, 0.2) is 11.5 Å². The van der Waals surface area contributed by atoms with Crippen LogP contribution in [0.3, 0.4) is 0 Å². The second-order valence-corrected chi connectivity index (χ2v) is 6.40. The van der Waals surface area contributed by atoms with Gasteiger partial charge in [0.2, 0.25) is 0 Å². The lowest BCUT2D eigenvalue weighted by Gasteiger charge is -2.26. The average Bonchev–Trinajstić information content (AvgIpc) is 2.83. The van der Waals surface area contributed by atoms with Crippen molar-refractivity contribution in [2.24, 2.45) is 0 Å². The van der Waals surface area contributed by atoms with Gasteiger partial charge in [-0.3, -0.25) is 9.59 Å². The van der Waals surface area contributed by atoms with E-state index in [1.54, 1.807) is 4.90 Å². The Morgan fingerprint density at radius 1 is 1.08 bits per heavy atom. The van der Waals surface area contributed by atoms with Crippen molar-refractivity contribution in [3.05, 3.63) is 47.2 Å². The van der Waals surface area contributed by atoms with Gasteiger partial charge in [-0.05, 0) is 18.9 Å². The van der Waals surface area contributed by atoms with Crippen LogP contribution in [0.2, 0.25) is 0 Å². The lowest BCUT2D eigenvalue weighted by molar-refractivity contribution is -0.129. The van der Waals surface area contributed by atoms with E-state index in [9.17, 15) is 14.7 Å². The Bertz CT molecular complexity index is 607. The lowest BCUT2D eigenvalue weighted by atomic mass is 9.96. The van der Waals surface area contributed by atoms with Crippen molar-refractivity contribution >= 4 is 11.7 Å². The Kier molecular flexibility index (Phi) is 6.59. The van der Waals surface area contributed by atoms with Crippen molar-refractivity contribution in [1.82, 2.24) is 4.90 Å². The van der Waals surface area contributed by atoms with Crippen molar-refractivity contribution in [3.8, 4) is 0 Å². The highest BCUT2D eigenvalue weighted by Crippen LogP contribution is 2.37. The quantitative estimate of drug-likeness (QED) is 0.686. The number of unbranched alkanes of at least 4 members (excludes halogenated alkanes) is 5. The maximum Gasteiger partial charge on any atom is 0.290 e. The molecule has 0 fully saturated rings. The SMILES string of the molecule is CCCCCCCCN1C(=O)C(O)=C(C(C)=O)[C@@H]1c1ccccc1. The smallest absolute Gasteiger partial charge is 0.290 e. The zero-order chi connectivity index (χ0) is 17.5. The molecule has 0 saturated heterocycles. The van der Waals surface area contributed by atoms with Gasteiger partial charge in [0, 0.05) is 6.54 Å². The highest BCUT2D eigenvalue weighted by atomic mass is 16.3. The predicted octanol–water partition coefficient (Wildman–Crippen LogP) is 4.33. The fourth-order valence-electron chi connectivity index (χ4n) is 3.29. The molecule has 1 aromatic rings. The number of ketones is 1. The molecule has 1 amide bonds. The molecule has 4 nitrogen and oxygen atoms in total. The number of aliphatic hydroxyl groups is 1. The van der Waals surface area contributed by atoms with Crippen LogP contribution in [-0.2, 0) is 9.59 Å². The normalized spacial score (nSPS) is 17.7.